The Morgan fingerprint density at radius 1 is 0.935 bits per heavy atom. The Hall–Kier alpha value is -3.77. The number of carbonyl (C=O) groups is 1. The first-order valence-corrected chi connectivity index (χ1v) is 10.8. The Morgan fingerprint density at radius 3 is 2.35 bits per heavy atom. The van der Waals surface area contributed by atoms with Crippen LogP contribution in [-0.2, 0) is 0 Å². The fraction of sp³-hybridized carbons (Fsp3) is 0.0800. The fourth-order valence-electron chi connectivity index (χ4n) is 3.68. The number of aliphatic imine (C=N–C) groups is 1. The van der Waals surface area contributed by atoms with Gasteiger partial charge in [-0.25, -0.2) is 9.98 Å². The first-order valence-electron chi connectivity index (χ1n) is 10.0. The second kappa shape index (κ2) is 8.16. The number of Topliss-reactive ketones (excluding diaryl/α,β-unsaturated/α-hetero) is 1. The van der Waals surface area contributed by atoms with Gasteiger partial charge in [0.1, 0.15) is 6.04 Å². The number of aromatic nitrogens is 1. The molecular formula is C25H20N4OS. The number of guanidine groups is 1. The summed E-state index contributed by atoms with van der Waals surface area (Å²) in [6, 6.07) is 26.8. The molecule has 5 nitrogen and oxygen atoms in total. The van der Waals surface area contributed by atoms with Crippen molar-refractivity contribution in [2.45, 2.75) is 13.0 Å². The molecule has 2 N–H and O–H groups in total. The SMILES string of the molecule is CC1=C(C(=O)c2ccccc2)C(c2ccccc2)N=C(Nc2nc3ccccc3s2)N1. The van der Waals surface area contributed by atoms with Crippen LogP contribution in [0.3, 0.4) is 0 Å². The van der Waals surface area contributed by atoms with E-state index in [4.69, 9.17) is 4.99 Å². The number of benzene rings is 3. The Kier molecular flexibility index (Phi) is 5.06. The zero-order valence-electron chi connectivity index (χ0n) is 16.9. The number of carbonyl (C=O) groups excluding carboxylic acids is 1. The first kappa shape index (κ1) is 19.2. The summed E-state index contributed by atoms with van der Waals surface area (Å²) in [5, 5.41) is 7.33. The van der Waals surface area contributed by atoms with Crippen molar-refractivity contribution in [1.82, 2.24) is 10.3 Å². The van der Waals surface area contributed by atoms with E-state index in [1.165, 1.54) is 0 Å². The molecule has 6 heteroatoms. The van der Waals surface area contributed by atoms with Crippen LogP contribution in [0, 0.1) is 0 Å². The third-order valence-electron chi connectivity index (χ3n) is 5.16. The molecule has 5 rings (SSSR count). The standard InChI is InChI=1S/C25H20N4OS/c1-16-21(23(30)18-12-6-3-7-13-18)22(17-10-4-2-5-11-17)28-24(26-16)29-25-27-19-14-8-9-15-20(19)31-25/h2-15,22H,1H3,(H2,26,27,28,29). The zero-order chi connectivity index (χ0) is 21.2. The van der Waals surface area contributed by atoms with Crippen LogP contribution in [0.4, 0.5) is 5.13 Å². The van der Waals surface area contributed by atoms with Gasteiger partial charge < -0.3 is 10.6 Å². The number of hydrogen-bond acceptors (Lipinski definition) is 6. The van der Waals surface area contributed by atoms with Crippen LogP contribution in [0.25, 0.3) is 10.2 Å². The van der Waals surface area contributed by atoms with Gasteiger partial charge >= 0.3 is 0 Å². The van der Waals surface area contributed by atoms with Gasteiger partial charge in [-0.05, 0) is 24.6 Å². The van der Waals surface area contributed by atoms with Gasteiger partial charge in [-0.1, -0.05) is 84.1 Å². The minimum Gasteiger partial charge on any atom is -0.329 e. The number of nitrogens with zero attached hydrogens (tertiary/aromatic N) is 2. The van der Waals surface area contributed by atoms with Crippen LogP contribution >= 0.6 is 11.3 Å². The summed E-state index contributed by atoms with van der Waals surface area (Å²) in [6.07, 6.45) is 0. The molecule has 152 valence electrons. The molecule has 0 bridgehead atoms. The van der Waals surface area contributed by atoms with Gasteiger partial charge in [-0.2, -0.15) is 0 Å². The molecule has 0 aliphatic carbocycles. The van der Waals surface area contributed by atoms with Crippen LogP contribution in [0.15, 0.2) is 101 Å². The second-order valence-electron chi connectivity index (χ2n) is 7.26. The van der Waals surface area contributed by atoms with Gasteiger partial charge in [0.05, 0.1) is 10.2 Å². The molecule has 0 saturated carbocycles. The number of hydrogen-bond donors (Lipinski definition) is 2. The predicted octanol–water partition coefficient (Wildman–Crippen LogP) is 5.57. The van der Waals surface area contributed by atoms with Crippen molar-refractivity contribution in [3.8, 4) is 0 Å². The monoisotopic (exact) mass is 424 g/mol. The lowest BCUT2D eigenvalue weighted by Crippen LogP contribution is -2.36. The molecule has 4 aromatic rings. The van der Waals surface area contributed by atoms with Gasteiger partial charge in [-0.15, -0.1) is 0 Å². The molecule has 1 aliphatic rings. The molecule has 3 aromatic carbocycles. The summed E-state index contributed by atoms with van der Waals surface area (Å²) in [5.41, 5.74) is 3.98. The lowest BCUT2D eigenvalue weighted by atomic mass is 9.90. The molecule has 1 unspecified atom stereocenters. The quantitative estimate of drug-likeness (QED) is 0.421. The van der Waals surface area contributed by atoms with E-state index in [9.17, 15) is 4.79 Å². The van der Waals surface area contributed by atoms with Gasteiger partial charge in [-0.3, -0.25) is 4.79 Å². The average Bonchev–Trinajstić information content (AvgIpc) is 3.22. The van der Waals surface area contributed by atoms with Crippen molar-refractivity contribution in [2.24, 2.45) is 4.99 Å². The molecule has 0 saturated heterocycles. The van der Waals surface area contributed by atoms with E-state index in [2.05, 4.69) is 15.6 Å². The summed E-state index contributed by atoms with van der Waals surface area (Å²) >= 11 is 1.57. The van der Waals surface area contributed by atoms with Crippen LogP contribution in [0.1, 0.15) is 28.9 Å². The number of ketones is 1. The number of anilines is 1. The van der Waals surface area contributed by atoms with E-state index >= 15 is 0 Å². The van der Waals surface area contributed by atoms with Gasteiger partial charge in [0.25, 0.3) is 0 Å². The maximum Gasteiger partial charge on any atom is 0.202 e. The van der Waals surface area contributed by atoms with Crippen molar-refractivity contribution < 1.29 is 4.79 Å². The Bertz CT molecular complexity index is 1280. The number of rotatable bonds is 4. The predicted molar refractivity (Wildman–Crippen MR) is 126 cm³/mol. The molecule has 0 fully saturated rings. The van der Waals surface area contributed by atoms with E-state index in [0.29, 0.717) is 17.1 Å². The topological polar surface area (TPSA) is 66.4 Å². The fourth-order valence-corrected chi connectivity index (χ4v) is 4.55. The maximum absolute atomic E-state index is 13.4. The Balaban J connectivity index is 1.52. The lowest BCUT2D eigenvalue weighted by Gasteiger charge is -2.26. The minimum atomic E-state index is -0.410. The molecular weight excluding hydrogens is 404 g/mol. The van der Waals surface area contributed by atoms with E-state index < -0.39 is 6.04 Å². The number of para-hydroxylation sites is 1. The molecule has 1 aromatic heterocycles. The zero-order valence-corrected chi connectivity index (χ0v) is 17.7. The Labute approximate surface area is 184 Å². The van der Waals surface area contributed by atoms with Crippen LogP contribution < -0.4 is 10.6 Å². The lowest BCUT2D eigenvalue weighted by molar-refractivity contribution is 0.102. The first-order chi connectivity index (χ1) is 15.2. The molecule has 0 radical (unpaired) electrons. The third-order valence-corrected chi connectivity index (χ3v) is 6.11. The molecule has 31 heavy (non-hydrogen) atoms. The Morgan fingerprint density at radius 2 is 1.61 bits per heavy atom. The minimum absolute atomic E-state index is 0.0257. The molecule has 2 heterocycles. The van der Waals surface area contributed by atoms with Crippen LogP contribution in [0.2, 0.25) is 0 Å². The second-order valence-corrected chi connectivity index (χ2v) is 8.29. The molecule has 1 atom stereocenters. The molecule has 1 aliphatic heterocycles. The van der Waals surface area contributed by atoms with E-state index in [1.807, 2.05) is 91.9 Å². The number of nitrogens with one attached hydrogen (secondary N) is 2. The van der Waals surface area contributed by atoms with Gasteiger partial charge in [0.15, 0.2) is 10.9 Å². The highest BCUT2D eigenvalue weighted by Crippen LogP contribution is 2.33. The summed E-state index contributed by atoms with van der Waals surface area (Å²) in [5.74, 6) is 0.553. The summed E-state index contributed by atoms with van der Waals surface area (Å²) < 4.78 is 1.10. The average molecular weight is 425 g/mol. The van der Waals surface area contributed by atoms with Crippen molar-refractivity contribution in [3.63, 3.8) is 0 Å². The van der Waals surface area contributed by atoms with E-state index in [-0.39, 0.29) is 5.78 Å². The number of allylic oxidation sites excluding steroid dienone is 1. The van der Waals surface area contributed by atoms with Crippen molar-refractivity contribution >= 4 is 38.4 Å². The van der Waals surface area contributed by atoms with E-state index in [1.54, 1.807) is 11.3 Å². The smallest absolute Gasteiger partial charge is 0.202 e. The van der Waals surface area contributed by atoms with Gasteiger partial charge in [0, 0.05) is 16.8 Å². The third kappa shape index (κ3) is 3.85. The summed E-state index contributed by atoms with van der Waals surface area (Å²) in [7, 11) is 0. The van der Waals surface area contributed by atoms with Crippen LogP contribution in [-0.4, -0.2) is 16.7 Å². The van der Waals surface area contributed by atoms with E-state index in [0.717, 1.165) is 26.6 Å². The highest BCUT2D eigenvalue weighted by molar-refractivity contribution is 7.22. The van der Waals surface area contributed by atoms with Crippen molar-refractivity contribution in [2.75, 3.05) is 5.32 Å². The molecule has 0 amide bonds. The number of fused-ring (bicyclic) bond motifs is 1. The number of thiazole rings is 1. The highest BCUT2D eigenvalue weighted by Gasteiger charge is 2.30. The van der Waals surface area contributed by atoms with Crippen molar-refractivity contribution in [3.05, 3.63) is 107 Å². The summed E-state index contributed by atoms with van der Waals surface area (Å²) in [4.78, 5) is 22.9. The largest absolute Gasteiger partial charge is 0.329 e. The maximum atomic E-state index is 13.4. The van der Waals surface area contributed by atoms with Crippen molar-refractivity contribution in [1.29, 1.82) is 0 Å². The normalized spacial score (nSPS) is 16.0. The van der Waals surface area contributed by atoms with Crippen LogP contribution in [0.5, 0.6) is 0 Å². The molecule has 0 spiro atoms. The summed E-state index contributed by atoms with van der Waals surface area (Å²) in [6.45, 7) is 1.92. The van der Waals surface area contributed by atoms with Gasteiger partial charge in [0.2, 0.25) is 5.96 Å². The highest BCUT2D eigenvalue weighted by atomic mass is 32.1.